The van der Waals surface area contributed by atoms with E-state index in [9.17, 15) is 0 Å². The number of imidazole rings is 1. The summed E-state index contributed by atoms with van der Waals surface area (Å²) >= 11 is 0. The van der Waals surface area contributed by atoms with Crippen LogP contribution in [0.2, 0.25) is 0 Å². The van der Waals surface area contributed by atoms with Crippen molar-refractivity contribution in [2.45, 2.75) is 70.5 Å². The van der Waals surface area contributed by atoms with Crippen LogP contribution < -0.4 is 15.5 Å². The van der Waals surface area contributed by atoms with Gasteiger partial charge in [0.05, 0.1) is 23.8 Å². The second-order valence-electron chi connectivity index (χ2n) is 10.3. The smallest absolute Gasteiger partial charge is 0.231 e. The van der Waals surface area contributed by atoms with Crippen molar-refractivity contribution in [3.8, 4) is 0 Å². The topological polar surface area (TPSA) is 99.1 Å². The number of aromatic nitrogens is 6. The summed E-state index contributed by atoms with van der Waals surface area (Å²) in [7, 11) is 0. The van der Waals surface area contributed by atoms with E-state index < -0.39 is 0 Å². The molecule has 1 saturated carbocycles. The summed E-state index contributed by atoms with van der Waals surface area (Å²) in [6, 6.07) is 5.28. The highest BCUT2D eigenvalue weighted by molar-refractivity contribution is 5.77. The van der Waals surface area contributed by atoms with Crippen LogP contribution in [0.3, 0.4) is 0 Å². The molecule has 2 unspecified atom stereocenters. The predicted molar refractivity (Wildman–Crippen MR) is 132 cm³/mol. The molecule has 9 nitrogen and oxygen atoms in total. The molecular weight excluding hydrogens is 426 g/mol. The van der Waals surface area contributed by atoms with Crippen LogP contribution in [0.15, 0.2) is 18.3 Å². The van der Waals surface area contributed by atoms with Crippen molar-refractivity contribution in [1.29, 1.82) is 0 Å². The summed E-state index contributed by atoms with van der Waals surface area (Å²) in [5.74, 6) is 3.03. The molecule has 9 heteroatoms. The quantitative estimate of drug-likeness (QED) is 0.422. The molecule has 3 aromatic heterocycles. The molecule has 3 aliphatic heterocycles. The van der Waals surface area contributed by atoms with Crippen molar-refractivity contribution < 1.29 is 0 Å². The van der Waals surface area contributed by atoms with Gasteiger partial charge in [0.15, 0.2) is 5.65 Å². The fourth-order valence-electron chi connectivity index (χ4n) is 5.54. The Hall–Kier alpha value is -3.20. The van der Waals surface area contributed by atoms with Gasteiger partial charge in [-0.05, 0) is 75.1 Å². The van der Waals surface area contributed by atoms with Gasteiger partial charge in [-0.25, -0.2) is 4.98 Å². The van der Waals surface area contributed by atoms with Gasteiger partial charge in [-0.15, -0.1) is 0 Å². The predicted octanol–water partition coefficient (Wildman–Crippen LogP) is 3.44. The second-order valence-corrected chi connectivity index (χ2v) is 10.3. The Morgan fingerprint density at radius 1 is 1.06 bits per heavy atom. The van der Waals surface area contributed by atoms with E-state index >= 15 is 0 Å². The third kappa shape index (κ3) is 3.41. The van der Waals surface area contributed by atoms with Gasteiger partial charge >= 0.3 is 0 Å². The number of hydrogen-bond acceptors (Lipinski definition) is 7. The van der Waals surface area contributed by atoms with Crippen LogP contribution in [0.4, 0.5) is 11.9 Å². The molecule has 0 amide bonds. The maximum absolute atomic E-state index is 5.07. The Morgan fingerprint density at radius 2 is 1.94 bits per heavy atom. The number of anilines is 2. The Bertz CT molecular complexity index is 1340. The van der Waals surface area contributed by atoms with Crippen molar-refractivity contribution in [3.05, 3.63) is 40.8 Å². The van der Waals surface area contributed by atoms with Crippen molar-refractivity contribution in [3.63, 3.8) is 0 Å². The van der Waals surface area contributed by atoms with Crippen LogP contribution in [0.1, 0.15) is 60.5 Å². The van der Waals surface area contributed by atoms with Crippen molar-refractivity contribution in [2.75, 3.05) is 23.3 Å². The lowest BCUT2D eigenvalue weighted by molar-refractivity contribution is 0.419. The number of nitrogens with zero attached hydrogens (tertiary/aromatic N) is 6. The fraction of sp³-hybridized carbons (Fsp3) is 0.520. The Kier molecular flexibility index (Phi) is 4.55. The zero-order chi connectivity index (χ0) is 22.8. The van der Waals surface area contributed by atoms with Gasteiger partial charge < -0.3 is 20.5 Å². The number of aromatic amines is 1. The number of rotatable bonds is 5. The van der Waals surface area contributed by atoms with Crippen molar-refractivity contribution in [2.24, 2.45) is 0 Å². The van der Waals surface area contributed by atoms with Crippen molar-refractivity contribution >= 4 is 28.6 Å². The van der Waals surface area contributed by atoms with Gasteiger partial charge in [0.25, 0.3) is 0 Å². The van der Waals surface area contributed by atoms with Crippen LogP contribution in [0, 0.1) is 13.8 Å². The molecule has 6 heterocycles. The van der Waals surface area contributed by atoms with Gasteiger partial charge in [0, 0.05) is 30.7 Å². The highest BCUT2D eigenvalue weighted by Crippen LogP contribution is 2.42. The molecule has 4 aliphatic rings. The van der Waals surface area contributed by atoms with Crippen molar-refractivity contribution in [1.82, 2.24) is 34.9 Å². The molecule has 3 N–H and O–H groups in total. The molecule has 2 atom stereocenters. The van der Waals surface area contributed by atoms with E-state index in [1.165, 1.54) is 48.8 Å². The summed E-state index contributed by atoms with van der Waals surface area (Å²) in [5.41, 5.74) is 6.78. The van der Waals surface area contributed by atoms with E-state index in [4.69, 9.17) is 15.0 Å². The van der Waals surface area contributed by atoms with E-state index in [1.54, 1.807) is 0 Å². The standard InChI is InChI=1S/C25H31N9/c1-14-8-20-21(9-15(14)2)30-22(29-20)12-27-24-32-25(33-13-17-4-3-5-18(33)10-26-17)31-23-19(16-6-7-16)11-28-34(23)24/h8-9,11,16-18,26H,3-7,10,12-13H2,1-2H3,(H,29,30)(H,27,31,32). The van der Waals surface area contributed by atoms with Crippen LogP contribution in [0.5, 0.6) is 0 Å². The highest BCUT2D eigenvalue weighted by atomic mass is 15.4. The summed E-state index contributed by atoms with van der Waals surface area (Å²) < 4.78 is 1.88. The number of piperazine rings is 1. The molecule has 8 rings (SSSR count). The summed E-state index contributed by atoms with van der Waals surface area (Å²) in [6.45, 7) is 6.78. The summed E-state index contributed by atoms with van der Waals surface area (Å²) in [6.07, 6.45) is 8.11. The molecular formula is C25H31N9. The van der Waals surface area contributed by atoms with E-state index in [0.29, 0.717) is 24.5 Å². The van der Waals surface area contributed by atoms with Gasteiger partial charge in [-0.3, -0.25) is 0 Å². The Morgan fingerprint density at radius 3 is 2.82 bits per heavy atom. The van der Waals surface area contributed by atoms with E-state index in [0.717, 1.165) is 47.5 Å². The summed E-state index contributed by atoms with van der Waals surface area (Å²) in [5, 5.41) is 11.9. The third-order valence-electron chi connectivity index (χ3n) is 7.81. The zero-order valence-electron chi connectivity index (χ0n) is 19.8. The average Bonchev–Trinajstić information content (AvgIpc) is 3.57. The number of hydrogen-bond donors (Lipinski definition) is 3. The Labute approximate surface area is 198 Å². The second kappa shape index (κ2) is 7.66. The lowest BCUT2D eigenvalue weighted by Crippen LogP contribution is -2.55. The molecule has 176 valence electrons. The minimum Gasteiger partial charge on any atom is -0.347 e. The summed E-state index contributed by atoms with van der Waals surface area (Å²) in [4.78, 5) is 20.8. The minimum absolute atomic E-state index is 0.447. The average molecular weight is 458 g/mol. The molecule has 0 radical (unpaired) electrons. The number of nitrogens with one attached hydrogen (secondary N) is 3. The van der Waals surface area contributed by atoms with E-state index in [-0.39, 0.29) is 0 Å². The zero-order valence-corrected chi connectivity index (χ0v) is 19.8. The molecule has 3 saturated heterocycles. The number of fused-ring (bicyclic) bond motifs is 6. The van der Waals surface area contributed by atoms with Crippen LogP contribution in [-0.2, 0) is 6.54 Å². The number of benzene rings is 1. The first-order valence-corrected chi connectivity index (χ1v) is 12.6. The molecule has 1 aromatic carbocycles. The lowest BCUT2D eigenvalue weighted by Gasteiger charge is -2.37. The van der Waals surface area contributed by atoms with Gasteiger partial charge in [-0.1, -0.05) is 0 Å². The van der Waals surface area contributed by atoms with Gasteiger partial charge in [-0.2, -0.15) is 19.6 Å². The maximum atomic E-state index is 5.07. The first-order valence-electron chi connectivity index (χ1n) is 12.6. The third-order valence-corrected chi connectivity index (χ3v) is 7.81. The lowest BCUT2D eigenvalue weighted by atomic mass is 10.1. The fourth-order valence-corrected chi connectivity index (χ4v) is 5.54. The molecule has 1 aliphatic carbocycles. The SMILES string of the molecule is Cc1cc2nc(CNc3nc(N4CC5CCCC4CN5)nc4c(C5CC5)cnn34)[nH]c2cc1C. The molecule has 2 bridgehead atoms. The first kappa shape index (κ1) is 20.2. The molecule has 34 heavy (non-hydrogen) atoms. The molecule has 4 aromatic rings. The van der Waals surface area contributed by atoms with Crippen LogP contribution in [-0.4, -0.2) is 54.7 Å². The van der Waals surface area contributed by atoms with Crippen LogP contribution >= 0.6 is 0 Å². The maximum Gasteiger partial charge on any atom is 0.231 e. The monoisotopic (exact) mass is 457 g/mol. The number of aryl methyl sites for hydroxylation is 2. The largest absolute Gasteiger partial charge is 0.347 e. The highest BCUT2D eigenvalue weighted by Gasteiger charge is 2.34. The van der Waals surface area contributed by atoms with E-state index in [2.05, 4.69) is 51.6 Å². The normalized spacial score (nSPS) is 22.6. The molecule has 0 spiro atoms. The molecule has 4 fully saturated rings. The Balaban J connectivity index is 1.25. The van der Waals surface area contributed by atoms with Crippen LogP contribution in [0.25, 0.3) is 16.7 Å². The number of H-pyrrole nitrogens is 1. The van der Waals surface area contributed by atoms with Gasteiger partial charge in [0.2, 0.25) is 11.9 Å². The van der Waals surface area contributed by atoms with Gasteiger partial charge in [0.1, 0.15) is 5.82 Å². The first-order chi connectivity index (χ1) is 16.6. The minimum atomic E-state index is 0.447. The van der Waals surface area contributed by atoms with E-state index in [1.807, 2.05) is 10.7 Å².